The Morgan fingerprint density at radius 3 is 2.63 bits per heavy atom. The van der Waals surface area contributed by atoms with Gasteiger partial charge in [-0.25, -0.2) is 4.79 Å². The van der Waals surface area contributed by atoms with Crippen molar-refractivity contribution in [2.45, 2.75) is 12.5 Å². The fourth-order valence-electron chi connectivity index (χ4n) is 2.83. The Balaban J connectivity index is 1.66. The second-order valence-electron chi connectivity index (χ2n) is 6.05. The van der Waals surface area contributed by atoms with Crippen LogP contribution in [0, 0.1) is 0 Å². The standard InChI is InChI=1S/C21H20N2O4/c1-27-16-8-6-14(7-9-16)20(24)10-11-22-19(21(25)26)12-15-13-23-18-5-3-2-4-17(15)18/h2-11,13,19,22-23H,12H2,1H3,(H,25,26)/b11-10+/t19-/m1/s1. The van der Waals surface area contributed by atoms with E-state index >= 15 is 0 Å². The molecule has 0 fully saturated rings. The van der Waals surface area contributed by atoms with Crippen LogP contribution in [0.5, 0.6) is 5.75 Å². The molecule has 0 aliphatic rings. The highest BCUT2D eigenvalue weighted by Gasteiger charge is 2.18. The van der Waals surface area contributed by atoms with Crippen LogP contribution in [-0.2, 0) is 11.2 Å². The lowest BCUT2D eigenvalue weighted by molar-refractivity contribution is -0.139. The highest BCUT2D eigenvalue weighted by molar-refractivity contribution is 6.04. The fraction of sp³-hybridized carbons (Fsp3) is 0.143. The third-order valence-electron chi connectivity index (χ3n) is 4.30. The number of carboxylic acid groups (broad SMARTS) is 1. The van der Waals surface area contributed by atoms with Crippen molar-refractivity contribution in [1.82, 2.24) is 10.3 Å². The van der Waals surface area contributed by atoms with Crippen LogP contribution in [-0.4, -0.2) is 35.0 Å². The molecule has 2 aromatic carbocycles. The van der Waals surface area contributed by atoms with Crippen LogP contribution in [0.2, 0.25) is 0 Å². The van der Waals surface area contributed by atoms with Gasteiger partial charge in [0.05, 0.1) is 7.11 Å². The highest BCUT2D eigenvalue weighted by Crippen LogP contribution is 2.19. The topological polar surface area (TPSA) is 91.4 Å². The number of ketones is 1. The van der Waals surface area contributed by atoms with Crippen LogP contribution >= 0.6 is 0 Å². The zero-order chi connectivity index (χ0) is 19.2. The minimum Gasteiger partial charge on any atom is -0.497 e. The SMILES string of the molecule is COc1ccc(C(=O)/C=C/N[C@H](Cc2c[nH]c3ccccc23)C(=O)O)cc1. The number of H-pyrrole nitrogens is 1. The number of rotatable bonds is 8. The van der Waals surface area contributed by atoms with Crippen LogP contribution in [0.15, 0.2) is 67.0 Å². The monoisotopic (exact) mass is 364 g/mol. The summed E-state index contributed by atoms with van der Waals surface area (Å²) in [6, 6.07) is 13.6. The number of hydrogen-bond acceptors (Lipinski definition) is 4. The minimum atomic E-state index is -0.984. The Kier molecular flexibility index (Phi) is 5.56. The molecule has 6 nitrogen and oxygen atoms in total. The maximum Gasteiger partial charge on any atom is 0.326 e. The van der Waals surface area contributed by atoms with Gasteiger partial charge in [0.15, 0.2) is 5.78 Å². The van der Waals surface area contributed by atoms with E-state index in [0.717, 1.165) is 16.5 Å². The van der Waals surface area contributed by atoms with E-state index in [9.17, 15) is 14.7 Å². The van der Waals surface area contributed by atoms with E-state index in [0.29, 0.717) is 17.7 Å². The third-order valence-corrected chi connectivity index (χ3v) is 4.30. The molecule has 0 spiro atoms. The van der Waals surface area contributed by atoms with Gasteiger partial charge in [-0.3, -0.25) is 4.79 Å². The van der Waals surface area contributed by atoms with E-state index in [1.807, 2.05) is 30.5 Å². The number of ether oxygens (including phenoxy) is 1. The van der Waals surface area contributed by atoms with E-state index in [-0.39, 0.29) is 5.78 Å². The number of aromatic amines is 1. The fourth-order valence-corrected chi connectivity index (χ4v) is 2.83. The molecule has 0 aliphatic carbocycles. The van der Waals surface area contributed by atoms with Gasteiger partial charge >= 0.3 is 5.97 Å². The van der Waals surface area contributed by atoms with Crippen LogP contribution in [0.25, 0.3) is 10.9 Å². The molecule has 1 heterocycles. The Hall–Kier alpha value is -3.54. The molecular weight excluding hydrogens is 344 g/mol. The lowest BCUT2D eigenvalue weighted by Crippen LogP contribution is -2.35. The van der Waals surface area contributed by atoms with Gasteiger partial charge < -0.3 is 20.1 Å². The molecule has 0 amide bonds. The minimum absolute atomic E-state index is 0.221. The molecule has 0 radical (unpaired) electrons. The van der Waals surface area contributed by atoms with Crippen molar-refractivity contribution in [2.24, 2.45) is 0 Å². The van der Waals surface area contributed by atoms with Gasteiger partial charge in [-0.1, -0.05) is 18.2 Å². The second kappa shape index (κ2) is 8.23. The van der Waals surface area contributed by atoms with Gasteiger partial charge in [0.2, 0.25) is 0 Å². The first-order chi connectivity index (χ1) is 13.1. The molecule has 3 rings (SSSR count). The Bertz CT molecular complexity index is 973. The molecule has 138 valence electrons. The van der Waals surface area contributed by atoms with E-state index in [4.69, 9.17) is 4.74 Å². The maximum atomic E-state index is 12.2. The quantitative estimate of drug-likeness (QED) is 0.422. The molecule has 0 saturated heterocycles. The number of carboxylic acids is 1. The van der Waals surface area contributed by atoms with Gasteiger partial charge in [0.1, 0.15) is 11.8 Å². The molecule has 0 aliphatic heterocycles. The highest BCUT2D eigenvalue weighted by atomic mass is 16.5. The van der Waals surface area contributed by atoms with Crippen LogP contribution in [0.4, 0.5) is 0 Å². The smallest absolute Gasteiger partial charge is 0.326 e. The van der Waals surface area contributed by atoms with Crippen molar-refractivity contribution < 1.29 is 19.4 Å². The number of para-hydroxylation sites is 1. The van der Waals surface area contributed by atoms with Crippen molar-refractivity contribution in [3.8, 4) is 5.75 Å². The summed E-state index contributed by atoms with van der Waals surface area (Å²) in [6.45, 7) is 0. The average molecular weight is 364 g/mol. The molecule has 0 unspecified atom stereocenters. The maximum absolute atomic E-state index is 12.2. The number of carbonyl (C=O) groups is 2. The second-order valence-corrected chi connectivity index (χ2v) is 6.05. The Labute approximate surface area is 156 Å². The van der Waals surface area contributed by atoms with Gasteiger partial charge in [-0.15, -0.1) is 0 Å². The van der Waals surface area contributed by atoms with Gasteiger partial charge in [0.25, 0.3) is 0 Å². The van der Waals surface area contributed by atoms with E-state index in [1.165, 1.54) is 12.3 Å². The van der Waals surface area contributed by atoms with Crippen molar-refractivity contribution >= 4 is 22.7 Å². The van der Waals surface area contributed by atoms with E-state index in [1.54, 1.807) is 31.4 Å². The number of aromatic nitrogens is 1. The summed E-state index contributed by atoms with van der Waals surface area (Å²) in [7, 11) is 1.56. The first kappa shape index (κ1) is 18.3. The van der Waals surface area contributed by atoms with Crippen molar-refractivity contribution in [2.75, 3.05) is 7.11 Å². The van der Waals surface area contributed by atoms with Crippen LogP contribution < -0.4 is 10.1 Å². The molecule has 3 N–H and O–H groups in total. The summed E-state index contributed by atoms with van der Waals surface area (Å²) < 4.78 is 5.06. The lowest BCUT2D eigenvalue weighted by Gasteiger charge is -2.12. The van der Waals surface area contributed by atoms with Crippen molar-refractivity contribution in [3.63, 3.8) is 0 Å². The van der Waals surface area contributed by atoms with E-state index < -0.39 is 12.0 Å². The number of benzene rings is 2. The first-order valence-electron chi connectivity index (χ1n) is 8.47. The average Bonchev–Trinajstić information content (AvgIpc) is 3.10. The number of hydrogen-bond donors (Lipinski definition) is 3. The Morgan fingerprint density at radius 2 is 1.93 bits per heavy atom. The number of nitrogens with one attached hydrogen (secondary N) is 2. The van der Waals surface area contributed by atoms with Crippen LogP contribution in [0.3, 0.4) is 0 Å². The first-order valence-corrected chi connectivity index (χ1v) is 8.47. The molecule has 27 heavy (non-hydrogen) atoms. The molecule has 3 aromatic rings. The van der Waals surface area contributed by atoms with Gasteiger partial charge in [-0.2, -0.15) is 0 Å². The van der Waals surface area contributed by atoms with Gasteiger partial charge in [-0.05, 0) is 35.9 Å². The summed E-state index contributed by atoms with van der Waals surface area (Å²) in [5, 5.41) is 13.3. The number of aliphatic carboxylic acids is 1. The van der Waals surface area contributed by atoms with Crippen molar-refractivity contribution in [3.05, 3.63) is 78.1 Å². The molecule has 6 heteroatoms. The summed E-state index contributed by atoms with van der Waals surface area (Å²) in [4.78, 5) is 26.9. The summed E-state index contributed by atoms with van der Waals surface area (Å²) in [5.41, 5.74) is 2.36. The normalized spacial score (nSPS) is 12.2. The van der Waals surface area contributed by atoms with Gasteiger partial charge in [0, 0.05) is 41.4 Å². The molecule has 0 bridgehead atoms. The summed E-state index contributed by atoms with van der Waals surface area (Å²) in [6.07, 6.45) is 4.82. The van der Waals surface area contributed by atoms with E-state index in [2.05, 4.69) is 10.3 Å². The molecule has 0 saturated carbocycles. The molecular formula is C21H20N2O4. The Morgan fingerprint density at radius 1 is 1.19 bits per heavy atom. The summed E-state index contributed by atoms with van der Waals surface area (Å²) in [5.74, 6) is -0.540. The summed E-state index contributed by atoms with van der Waals surface area (Å²) >= 11 is 0. The van der Waals surface area contributed by atoms with Crippen LogP contribution in [0.1, 0.15) is 15.9 Å². The number of allylic oxidation sites excluding steroid dienone is 1. The predicted octanol–water partition coefficient (Wildman–Crippen LogP) is 3.16. The zero-order valence-electron chi connectivity index (χ0n) is 14.8. The molecule has 1 atom stereocenters. The number of methoxy groups -OCH3 is 1. The predicted molar refractivity (Wildman–Crippen MR) is 103 cm³/mol. The molecule has 1 aromatic heterocycles. The number of carbonyl (C=O) groups excluding carboxylic acids is 1. The lowest BCUT2D eigenvalue weighted by atomic mass is 10.1. The zero-order valence-corrected chi connectivity index (χ0v) is 14.8. The number of fused-ring (bicyclic) bond motifs is 1. The van der Waals surface area contributed by atoms with Crippen molar-refractivity contribution in [1.29, 1.82) is 0 Å². The largest absolute Gasteiger partial charge is 0.497 e. The third kappa shape index (κ3) is 4.36.